The molecular weight excluding hydrogens is 311 g/mol. The summed E-state index contributed by atoms with van der Waals surface area (Å²) in [5.74, 6) is 4.84. The zero-order chi connectivity index (χ0) is 17.2. The van der Waals surface area contributed by atoms with Crippen LogP contribution in [0.3, 0.4) is 0 Å². The van der Waals surface area contributed by atoms with Crippen molar-refractivity contribution in [3.05, 3.63) is 0 Å². The summed E-state index contributed by atoms with van der Waals surface area (Å²) >= 11 is 0. The third kappa shape index (κ3) is 4.27. The molecule has 3 fully saturated rings. The summed E-state index contributed by atoms with van der Waals surface area (Å²) < 4.78 is 14.3. The minimum absolute atomic E-state index is 0.145. The first-order chi connectivity index (χ1) is 11.5. The normalized spacial score (nSPS) is 31.2. The molecule has 2 amide bonds. The Hall–Kier alpha value is -1.61. The molecule has 0 bridgehead atoms. The molecule has 0 heterocycles. The Bertz CT molecular complexity index is 558. The average molecular weight is 336 g/mol. The van der Waals surface area contributed by atoms with Crippen molar-refractivity contribution in [1.82, 2.24) is 10.6 Å². The maximum Gasteiger partial charge on any atom is 0.296 e. The van der Waals surface area contributed by atoms with Gasteiger partial charge in [-0.25, -0.2) is 4.39 Å². The second-order valence-corrected chi connectivity index (χ2v) is 7.40. The van der Waals surface area contributed by atoms with Crippen molar-refractivity contribution >= 4 is 11.8 Å². The molecule has 0 aromatic rings. The molecule has 0 radical (unpaired) electrons. The summed E-state index contributed by atoms with van der Waals surface area (Å²) in [6, 6.07) is -0.145. The Morgan fingerprint density at radius 1 is 1.21 bits per heavy atom. The number of carbonyl (C=O) groups is 2. The molecule has 3 N–H and O–H groups in total. The SMILES string of the molecule is O=C(C#CC1CC1)N[C@H]1C[C@H](CNC(=O)C2(F)CCCC2)[C@H](O)C1. The summed E-state index contributed by atoms with van der Waals surface area (Å²) in [4.78, 5) is 23.7. The number of hydrogen-bond donors (Lipinski definition) is 3. The number of halogens is 1. The predicted molar refractivity (Wildman–Crippen MR) is 86.5 cm³/mol. The molecule has 3 saturated carbocycles. The summed E-state index contributed by atoms with van der Waals surface area (Å²) in [5.41, 5.74) is -1.74. The van der Waals surface area contributed by atoms with E-state index in [1.54, 1.807) is 0 Å². The van der Waals surface area contributed by atoms with Crippen molar-refractivity contribution in [3.63, 3.8) is 0 Å². The highest BCUT2D eigenvalue weighted by molar-refractivity contribution is 5.93. The van der Waals surface area contributed by atoms with Gasteiger partial charge in [-0.2, -0.15) is 0 Å². The summed E-state index contributed by atoms with van der Waals surface area (Å²) in [5, 5.41) is 15.6. The Morgan fingerprint density at radius 2 is 1.92 bits per heavy atom. The highest BCUT2D eigenvalue weighted by Crippen LogP contribution is 2.34. The first-order valence-electron chi connectivity index (χ1n) is 8.93. The van der Waals surface area contributed by atoms with Crippen molar-refractivity contribution in [2.24, 2.45) is 11.8 Å². The van der Waals surface area contributed by atoms with Gasteiger partial charge in [-0.05, 0) is 57.3 Å². The lowest BCUT2D eigenvalue weighted by atomic mass is 10.0. The van der Waals surface area contributed by atoms with E-state index in [1.165, 1.54) is 0 Å². The van der Waals surface area contributed by atoms with Gasteiger partial charge in [0.25, 0.3) is 11.8 Å². The van der Waals surface area contributed by atoms with E-state index in [0.29, 0.717) is 18.8 Å². The van der Waals surface area contributed by atoms with Crippen LogP contribution in [0.1, 0.15) is 51.4 Å². The monoisotopic (exact) mass is 336 g/mol. The van der Waals surface area contributed by atoms with E-state index in [-0.39, 0.29) is 37.3 Å². The van der Waals surface area contributed by atoms with Gasteiger partial charge >= 0.3 is 0 Å². The number of carbonyl (C=O) groups excluding carboxylic acids is 2. The summed E-state index contributed by atoms with van der Waals surface area (Å²) in [7, 11) is 0. The third-order valence-electron chi connectivity index (χ3n) is 5.29. The Morgan fingerprint density at radius 3 is 2.58 bits per heavy atom. The lowest BCUT2D eigenvalue weighted by Gasteiger charge is -2.21. The number of rotatable bonds is 4. The Labute approximate surface area is 141 Å². The quantitative estimate of drug-likeness (QED) is 0.672. The number of amides is 2. The lowest BCUT2D eigenvalue weighted by molar-refractivity contribution is -0.132. The van der Waals surface area contributed by atoms with Crippen molar-refractivity contribution in [1.29, 1.82) is 0 Å². The highest BCUT2D eigenvalue weighted by Gasteiger charge is 2.42. The minimum atomic E-state index is -1.74. The number of hydrogen-bond acceptors (Lipinski definition) is 3. The molecule has 3 rings (SSSR count). The molecule has 24 heavy (non-hydrogen) atoms. The van der Waals surface area contributed by atoms with Gasteiger partial charge < -0.3 is 15.7 Å². The number of alkyl halides is 1. The standard InChI is InChI=1S/C18H25FN2O3/c19-18(7-1-2-8-18)17(24)20-11-13-9-14(10-15(13)22)21-16(23)6-5-12-3-4-12/h12-15,22H,1-4,7-11H2,(H,20,24)(H,21,23)/t13-,14+,15-/m1/s1. The van der Waals surface area contributed by atoms with E-state index >= 15 is 0 Å². The molecule has 0 unspecified atom stereocenters. The topological polar surface area (TPSA) is 78.4 Å². The van der Waals surface area contributed by atoms with E-state index in [2.05, 4.69) is 22.5 Å². The molecular formula is C18H25FN2O3. The molecule has 0 aliphatic heterocycles. The van der Waals surface area contributed by atoms with Crippen LogP contribution < -0.4 is 10.6 Å². The van der Waals surface area contributed by atoms with E-state index in [4.69, 9.17) is 0 Å². The lowest BCUT2D eigenvalue weighted by Crippen LogP contribution is -2.44. The first kappa shape index (κ1) is 17.2. The summed E-state index contributed by atoms with van der Waals surface area (Å²) in [6.07, 6.45) is 4.59. The smallest absolute Gasteiger partial charge is 0.296 e. The third-order valence-corrected chi connectivity index (χ3v) is 5.29. The van der Waals surface area contributed by atoms with Gasteiger partial charge in [0.15, 0.2) is 5.67 Å². The molecule has 0 spiro atoms. The second-order valence-electron chi connectivity index (χ2n) is 7.40. The van der Waals surface area contributed by atoms with Gasteiger partial charge in [0.05, 0.1) is 6.10 Å². The fourth-order valence-corrected chi connectivity index (χ4v) is 3.60. The van der Waals surface area contributed by atoms with Gasteiger partial charge in [-0.3, -0.25) is 9.59 Å². The molecule has 3 atom stereocenters. The van der Waals surface area contributed by atoms with Crippen LogP contribution >= 0.6 is 0 Å². The van der Waals surface area contributed by atoms with E-state index in [9.17, 15) is 19.1 Å². The van der Waals surface area contributed by atoms with Crippen LogP contribution in [0.2, 0.25) is 0 Å². The van der Waals surface area contributed by atoms with Crippen LogP contribution in [0.5, 0.6) is 0 Å². The van der Waals surface area contributed by atoms with Gasteiger partial charge in [-0.1, -0.05) is 5.92 Å². The number of nitrogens with one attached hydrogen (secondary N) is 2. The van der Waals surface area contributed by atoms with Crippen molar-refractivity contribution in [3.8, 4) is 11.8 Å². The molecule has 3 aliphatic rings. The zero-order valence-electron chi connectivity index (χ0n) is 13.8. The molecule has 5 nitrogen and oxygen atoms in total. The molecule has 132 valence electrons. The predicted octanol–water partition coefficient (Wildman–Crippen LogP) is 1.05. The van der Waals surface area contributed by atoms with E-state index in [0.717, 1.165) is 25.7 Å². The minimum Gasteiger partial charge on any atom is -0.393 e. The van der Waals surface area contributed by atoms with Crippen molar-refractivity contribution in [2.75, 3.05) is 6.54 Å². The molecule has 3 aliphatic carbocycles. The fourth-order valence-electron chi connectivity index (χ4n) is 3.60. The van der Waals surface area contributed by atoms with Crippen LogP contribution in [-0.4, -0.2) is 41.3 Å². The Balaban J connectivity index is 1.43. The molecule has 0 saturated heterocycles. The summed E-state index contributed by atoms with van der Waals surface area (Å²) in [6.45, 7) is 0.242. The molecule has 0 aromatic heterocycles. The number of aliphatic hydroxyl groups is 1. The van der Waals surface area contributed by atoms with E-state index in [1.807, 2.05) is 0 Å². The van der Waals surface area contributed by atoms with Crippen LogP contribution in [-0.2, 0) is 9.59 Å². The maximum absolute atomic E-state index is 14.3. The maximum atomic E-state index is 14.3. The van der Waals surface area contributed by atoms with Gasteiger partial charge in [0.1, 0.15) is 0 Å². The van der Waals surface area contributed by atoms with Crippen LogP contribution in [0, 0.1) is 23.7 Å². The fraction of sp³-hybridized carbons (Fsp3) is 0.778. The largest absolute Gasteiger partial charge is 0.393 e. The van der Waals surface area contributed by atoms with Crippen LogP contribution in [0.15, 0.2) is 0 Å². The van der Waals surface area contributed by atoms with E-state index < -0.39 is 17.7 Å². The van der Waals surface area contributed by atoms with Crippen molar-refractivity contribution in [2.45, 2.75) is 69.2 Å². The van der Waals surface area contributed by atoms with Crippen LogP contribution in [0.4, 0.5) is 4.39 Å². The first-order valence-corrected chi connectivity index (χ1v) is 8.93. The van der Waals surface area contributed by atoms with Gasteiger partial charge in [-0.15, -0.1) is 0 Å². The molecule has 0 aromatic carbocycles. The Kier molecular flexibility index (Phi) is 5.09. The van der Waals surface area contributed by atoms with Gasteiger partial charge in [0, 0.05) is 24.4 Å². The molecule has 6 heteroatoms. The zero-order valence-corrected chi connectivity index (χ0v) is 13.8. The number of aliphatic hydroxyl groups excluding tert-OH is 1. The van der Waals surface area contributed by atoms with Crippen LogP contribution in [0.25, 0.3) is 0 Å². The highest BCUT2D eigenvalue weighted by atomic mass is 19.1. The second kappa shape index (κ2) is 7.10. The van der Waals surface area contributed by atoms with Crippen molar-refractivity contribution < 1.29 is 19.1 Å². The van der Waals surface area contributed by atoms with Gasteiger partial charge in [0.2, 0.25) is 0 Å². The average Bonchev–Trinajstić information content (AvgIpc) is 3.17.